The highest BCUT2D eigenvalue weighted by Crippen LogP contribution is 2.33. The Morgan fingerprint density at radius 2 is 2.13 bits per heavy atom. The molecule has 1 aliphatic rings. The Morgan fingerprint density at radius 3 is 2.60 bits per heavy atom. The molecule has 0 N–H and O–H groups in total. The number of hydrogen-bond acceptors (Lipinski definition) is 2. The van der Waals surface area contributed by atoms with E-state index in [4.69, 9.17) is 4.74 Å². The van der Waals surface area contributed by atoms with Gasteiger partial charge in [-0.15, -0.1) is 0 Å². The predicted molar refractivity (Wildman–Crippen MR) is 73.1 cm³/mol. The third kappa shape index (κ3) is 4.27. The average Bonchev–Trinajstić information content (AvgIpc) is 2.78. The molecule has 1 unspecified atom stereocenters. The third-order valence-corrected chi connectivity index (χ3v) is 6.13. The van der Waals surface area contributed by atoms with Crippen LogP contribution in [0.3, 0.4) is 0 Å². The Labute approximate surface area is 107 Å². The van der Waals surface area contributed by atoms with Crippen molar-refractivity contribution >= 4 is 27.7 Å². The summed E-state index contributed by atoms with van der Waals surface area (Å²) in [6.07, 6.45) is 5.61. The SMILES string of the molecule is CCC(CC)(CBr)CSCC1CCCO1. The molecule has 0 aromatic heterocycles. The molecule has 0 aliphatic carbocycles. The van der Waals surface area contributed by atoms with Crippen molar-refractivity contribution in [1.29, 1.82) is 0 Å². The van der Waals surface area contributed by atoms with Gasteiger partial charge >= 0.3 is 0 Å². The van der Waals surface area contributed by atoms with Gasteiger partial charge in [-0.3, -0.25) is 0 Å². The summed E-state index contributed by atoms with van der Waals surface area (Å²) in [5, 5.41) is 1.13. The van der Waals surface area contributed by atoms with E-state index in [1.165, 1.54) is 37.2 Å². The van der Waals surface area contributed by atoms with Crippen LogP contribution in [0.5, 0.6) is 0 Å². The summed E-state index contributed by atoms with van der Waals surface area (Å²) in [4.78, 5) is 0. The zero-order chi connectivity index (χ0) is 11.1. The van der Waals surface area contributed by atoms with Gasteiger partial charge in [0, 0.05) is 17.7 Å². The lowest BCUT2D eigenvalue weighted by molar-refractivity contribution is 0.128. The smallest absolute Gasteiger partial charge is 0.0666 e. The summed E-state index contributed by atoms with van der Waals surface area (Å²) in [6, 6.07) is 0. The fourth-order valence-electron chi connectivity index (χ4n) is 1.86. The third-order valence-electron chi connectivity index (χ3n) is 3.52. The highest BCUT2D eigenvalue weighted by molar-refractivity contribution is 9.09. The summed E-state index contributed by atoms with van der Waals surface area (Å²) in [7, 11) is 0. The molecule has 1 nitrogen and oxygen atoms in total. The number of halogens is 1. The molecule has 1 saturated heterocycles. The summed E-state index contributed by atoms with van der Waals surface area (Å²) < 4.78 is 5.64. The first kappa shape index (κ1) is 13.9. The molecule has 0 bridgehead atoms. The molecule has 3 heteroatoms. The molecule has 15 heavy (non-hydrogen) atoms. The fourth-order valence-corrected chi connectivity index (χ4v) is 4.70. The molecule has 0 spiro atoms. The maximum Gasteiger partial charge on any atom is 0.0666 e. The van der Waals surface area contributed by atoms with E-state index in [2.05, 4.69) is 41.5 Å². The van der Waals surface area contributed by atoms with Gasteiger partial charge in [-0.05, 0) is 36.9 Å². The molecule has 1 atom stereocenters. The molecule has 1 rings (SSSR count). The van der Waals surface area contributed by atoms with E-state index in [-0.39, 0.29) is 0 Å². The number of hydrogen-bond donors (Lipinski definition) is 0. The van der Waals surface area contributed by atoms with Crippen molar-refractivity contribution in [3.8, 4) is 0 Å². The van der Waals surface area contributed by atoms with Gasteiger partial charge in [0.25, 0.3) is 0 Å². The van der Waals surface area contributed by atoms with Crippen molar-refractivity contribution in [3.63, 3.8) is 0 Å². The highest BCUT2D eigenvalue weighted by atomic mass is 79.9. The lowest BCUT2D eigenvalue weighted by atomic mass is 9.87. The van der Waals surface area contributed by atoms with E-state index >= 15 is 0 Å². The van der Waals surface area contributed by atoms with Gasteiger partial charge in [-0.1, -0.05) is 29.8 Å². The molecule has 0 amide bonds. The van der Waals surface area contributed by atoms with Gasteiger partial charge < -0.3 is 4.74 Å². The van der Waals surface area contributed by atoms with Crippen LogP contribution in [0.1, 0.15) is 39.5 Å². The lowest BCUT2D eigenvalue weighted by Gasteiger charge is -2.29. The summed E-state index contributed by atoms with van der Waals surface area (Å²) >= 11 is 5.74. The zero-order valence-electron chi connectivity index (χ0n) is 9.93. The topological polar surface area (TPSA) is 9.23 Å². The lowest BCUT2D eigenvalue weighted by Crippen LogP contribution is -2.25. The van der Waals surface area contributed by atoms with E-state index in [9.17, 15) is 0 Å². The largest absolute Gasteiger partial charge is 0.377 e. The second-order valence-electron chi connectivity index (χ2n) is 4.49. The van der Waals surface area contributed by atoms with E-state index in [1.807, 2.05) is 0 Å². The minimum atomic E-state index is 0.503. The first-order valence-electron chi connectivity index (χ1n) is 6.01. The molecule has 0 radical (unpaired) electrons. The van der Waals surface area contributed by atoms with Gasteiger partial charge in [0.2, 0.25) is 0 Å². The predicted octanol–water partition coefficient (Wildman–Crippen LogP) is 4.10. The van der Waals surface area contributed by atoms with Crippen molar-refractivity contribution in [2.24, 2.45) is 5.41 Å². The molecular weight excluding hydrogens is 272 g/mol. The van der Waals surface area contributed by atoms with E-state index in [0.29, 0.717) is 11.5 Å². The van der Waals surface area contributed by atoms with Crippen LogP contribution in [0.25, 0.3) is 0 Å². The van der Waals surface area contributed by atoms with Crippen LogP contribution < -0.4 is 0 Å². The molecule has 0 aromatic carbocycles. The van der Waals surface area contributed by atoms with Crippen molar-refractivity contribution in [2.45, 2.75) is 45.6 Å². The molecular formula is C12H23BrOS. The normalized spacial score (nSPS) is 22.2. The van der Waals surface area contributed by atoms with Crippen LogP contribution in [0.4, 0.5) is 0 Å². The standard InChI is InChI=1S/C12H23BrOS/c1-3-12(4-2,9-13)10-15-8-11-6-5-7-14-11/h11H,3-10H2,1-2H3. The van der Waals surface area contributed by atoms with Crippen molar-refractivity contribution in [3.05, 3.63) is 0 Å². The number of thioether (sulfide) groups is 1. The summed E-state index contributed by atoms with van der Waals surface area (Å²) in [6.45, 7) is 5.59. The van der Waals surface area contributed by atoms with Crippen molar-refractivity contribution in [1.82, 2.24) is 0 Å². The highest BCUT2D eigenvalue weighted by Gasteiger charge is 2.25. The van der Waals surface area contributed by atoms with Crippen molar-refractivity contribution < 1.29 is 4.74 Å². The number of ether oxygens (including phenoxy) is 1. The second-order valence-corrected chi connectivity index (χ2v) is 6.08. The second kappa shape index (κ2) is 7.18. The van der Waals surface area contributed by atoms with Crippen LogP contribution >= 0.6 is 27.7 Å². The first-order chi connectivity index (χ1) is 7.26. The molecule has 1 aliphatic heterocycles. The summed E-state index contributed by atoms with van der Waals surface area (Å²) in [5.41, 5.74) is 0.503. The van der Waals surface area contributed by atoms with E-state index < -0.39 is 0 Å². The molecule has 1 fully saturated rings. The summed E-state index contributed by atoms with van der Waals surface area (Å²) in [5.74, 6) is 2.46. The number of rotatable bonds is 7. The van der Waals surface area contributed by atoms with Gasteiger partial charge in [-0.2, -0.15) is 11.8 Å². The van der Waals surface area contributed by atoms with E-state index in [0.717, 1.165) is 11.9 Å². The molecule has 1 heterocycles. The van der Waals surface area contributed by atoms with Crippen molar-refractivity contribution in [2.75, 3.05) is 23.4 Å². The molecule has 90 valence electrons. The van der Waals surface area contributed by atoms with Crippen LogP contribution in [-0.4, -0.2) is 29.5 Å². The van der Waals surface area contributed by atoms with Crippen LogP contribution in [0, 0.1) is 5.41 Å². The minimum absolute atomic E-state index is 0.503. The molecule has 0 aromatic rings. The van der Waals surface area contributed by atoms with Crippen LogP contribution in [0.15, 0.2) is 0 Å². The minimum Gasteiger partial charge on any atom is -0.377 e. The number of alkyl halides is 1. The Bertz CT molecular complexity index is 157. The van der Waals surface area contributed by atoms with E-state index in [1.54, 1.807) is 0 Å². The Morgan fingerprint density at radius 1 is 1.40 bits per heavy atom. The van der Waals surface area contributed by atoms with Crippen LogP contribution in [-0.2, 0) is 4.74 Å². The first-order valence-corrected chi connectivity index (χ1v) is 8.29. The Kier molecular flexibility index (Phi) is 6.63. The quantitative estimate of drug-likeness (QED) is 0.654. The maximum absolute atomic E-state index is 5.64. The maximum atomic E-state index is 5.64. The average molecular weight is 295 g/mol. The van der Waals surface area contributed by atoms with Gasteiger partial charge in [0.05, 0.1) is 6.10 Å². The van der Waals surface area contributed by atoms with Gasteiger partial charge in [-0.25, -0.2) is 0 Å². The van der Waals surface area contributed by atoms with Gasteiger partial charge in [0.1, 0.15) is 0 Å². The molecule has 0 saturated carbocycles. The fraction of sp³-hybridized carbons (Fsp3) is 1.00. The Hall–Kier alpha value is 0.790. The van der Waals surface area contributed by atoms with Crippen LogP contribution in [0.2, 0.25) is 0 Å². The zero-order valence-corrected chi connectivity index (χ0v) is 12.3. The Balaban J connectivity index is 2.21. The monoisotopic (exact) mass is 294 g/mol. The van der Waals surface area contributed by atoms with Gasteiger partial charge in [0.15, 0.2) is 0 Å².